The number of hydrogen-bond acceptors (Lipinski definition) is 2. The van der Waals surface area contributed by atoms with Gasteiger partial charge in [0, 0.05) is 0 Å². The summed E-state index contributed by atoms with van der Waals surface area (Å²) in [5, 5.41) is 8.96. The van der Waals surface area contributed by atoms with Crippen LogP contribution in [-0.4, -0.2) is 11.7 Å². The number of hydrogen-bond donors (Lipinski definition) is 1. The average molecular weight is 216 g/mol. The Bertz CT molecular complexity index is 324. The van der Waals surface area contributed by atoms with E-state index in [1.807, 2.05) is 13.8 Å². The van der Waals surface area contributed by atoms with Gasteiger partial charge in [-0.3, -0.25) is 0 Å². The van der Waals surface area contributed by atoms with Crippen LogP contribution in [0.15, 0.2) is 18.2 Å². The van der Waals surface area contributed by atoms with E-state index >= 15 is 0 Å². The molecule has 0 aliphatic heterocycles. The van der Waals surface area contributed by atoms with Gasteiger partial charge in [-0.1, -0.05) is 19.9 Å². The maximum atomic E-state index is 12.0. The molecule has 0 unspecified atom stereocenters. The molecule has 1 aromatic carbocycles. The van der Waals surface area contributed by atoms with Crippen LogP contribution in [0.2, 0.25) is 0 Å². The van der Waals surface area contributed by atoms with Crippen molar-refractivity contribution in [2.24, 2.45) is 0 Å². The zero-order valence-corrected chi connectivity index (χ0v) is 8.71. The van der Waals surface area contributed by atoms with Gasteiger partial charge in [-0.15, -0.1) is 0 Å². The number of ether oxygens (including phenoxy) is 1. The molecule has 0 bridgehead atoms. The van der Waals surface area contributed by atoms with Crippen molar-refractivity contribution in [3.05, 3.63) is 29.3 Å². The summed E-state index contributed by atoms with van der Waals surface area (Å²) >= 11 is 0. The lowest BCUT2D eigenvalue weighted by Gasteiger charge is -2.11. The molecule has 84 valence electrons. The monoisotopic (exact) mass is 216 g/mol. The van der Waals surface area contributed by atoms with Gasteiger partial charge in [-0.05, 0) is 29.2 Å². The molecule has 2 nitrogen and oxygen atoms in total. The van der Waals surface area contributed by atoms with Crippen LogP contribution in [0.25, 0.3) is 0 Å². The maximum absolute atomic E-state index is 12.0. The fourth-order valence-corrected chi connectivity index (χ4v) is 1.28. The molecule has 0 saturated carbocycles. The van der Waals surface area contributed by atoms with Crippen molar-refractivity contribution in [3.63, 3.8) is 0 Å². The van der Waals surface area contributed by atoms with Crippen molar-refractivity contribution < 1.29 is 18.6 Å². The highest BCUT2D eigenvalue weighted by atomic mass is 19.3. The highest BCUT2D eigenvalue weighted by Gasteiger charge is 2.08. The van der Waals surface area contributed by atoms with E-state index in [2.05, 4.69) is 4.74 Å². The Labute approximate surface area is 87.5 Å². The van der Waals surface area contributed by atoms with Gasteiger partial charge < -0.3 is 9.84 Å². The summed E-state index contributed by atoms with van der Waals surface area (Å²) in [5.74, 6) is 0.303. The van der Waals surface area contributed by atoms with E-state index in [-0.39, 0.29) is 18.3 Å². The second kappa shape index (κ2) is 5.07. The van der Waals surface area contributed by atoms with E-state index in [0.29, 0.717) is 5.56 Å². The summed E-state index contributed by atoms with van der Waals surface area (Å²) in [6, 6.07) is 4.76. The van der Waals surface area contributed by atoms with Crippen molar-refractivity contribution in [2.45, 2.75) is 33.0 Å². The van der Waals surface area contributed by atoms with Crippen molar-refractivity contribution in [2.75, 3.05) is 0 Å². The quantitative estimate of drug-likeness (QED) is 0.838. The molecule has 1 N–H and O–H groups in total. The maximum Gasteiger partial charge on any atom is 0.387 e. The van der Waals surface area contributed by atoms with E-state index in [4.69, 9.17) is 5.11 Å². The first-order valence-corrected chi connectivity index (χ1v) is 4.72. The first-order valence-electron chi connectivity index (χ1n) is 4.72. The number of aliphatic hydroxyl groups is 1. The van der Waals surface area contributed by atoms with Crippen molar-refractivity contribution in [1.82, 2.24) is 0 Å². The predicted octanol–water partition coefficient (Wildman–Crippen LogP) is 2.90. The Morgan fingerprint density at radius 2 is 1.93 bits per heavy atom. The molecule has 1 rings (SSSR count). The predicted molar refractivity (Wildman–Crippen MR) is 53.1 cm³/mol. The van der Waals surface area contributed by atoms with Gasteiger partial charge in [0.25, 0.3) is 0 Å². The lowest BCUT2D eigenvalue weighted by molar-refractivity contribution is -0.0499. The zero-order chi connectivity index (χ0) is 11.4. The summed E-state index contributed by atoms with van der Waals surface area (Å²) in [4.78, 5) is 0. The molecule has 0 radical (unpaired) electrons. The van der Waals surface area contributed by atoms with Crippen molar-refractivity contribution in [1.29, 1.82) is 0 Å². The molecule has 4 heteroatoms. The molecule has 0 spiro atoms. The third kappa shape index (κ3) is 3.47. The van der Waals surface area contributed by atoms with E-state index in [9.17, 15) is 8.78 Å². The van der Waals surface area contributed by atoms with Crippen LogP contribution < -0.4 is 4.74 Å². The smallest absolute Gasteiger partial charge is 0.387 e. The van der Waals surface area contributed by atoms with Crippen LogP contribution in [0.4, 0.5) is 8.78 Å². The van der Waals surface area contributed by atoms with Gasteiger partial charge in [0.15, 0.2) is 0 Å². The van der Waals surface area contributed by atoms with E-state index in [0.717, 1.165) is 5.56 Å². The lowest BCUT2D eigenvalue weighted by Crippen LogP contribution is -2.03. The molecule has 0 amide bonds. The minimum Gasteiger partial charge on any atom is -0.435 e. The molecule has 0 aliphatic carbocycles. The highest BCUT2D eigenvalue weighted by molar-refractivity contribution is 5.35. The topological polar surface area (TPSA) is 29.5 Å². The van der Waals surface area contributed by atoms with Crippen LogP contribution in [0.5, 0.6) is 5.75 Å². The van der Waals surface area contributed by atoms with Crippen LogP contribution in [-0.2, 0) is 6.61 Å². The summed E-state index contributed by atoms with van der Waals surface area (Å²) in [6.07, 6.45) is 0. The van der Waals surface area contributed by atoms with Crippen molar-refractivity contribution in [3.8, 4) is 5.75 Å². The lowest BCUT2D eigenvalue weighted by atomic mass is 10.0. The number of alkyl halides is 2. The van der Waals surface area contributed by atoms with Gasteiger partial charge in [-0.2, -0.15) is 8.78 Å². The number of aliphatic hydroxyl groups excluding tert-OH is 1. The van der Waals surface area contributed by atoms with Crippen LogP contribution in [0.3, 0.4) is 0 Å². The van der Waals surface area contributed by atoms with Crippen LogP contribution >= 0.6 is 0 Å². The minimum absolute atomic E-state index is 0.0975. The molecular formula is C11H14F2O2. The molecule has 0 fully saturated rings. The second-order valence-corrected chi connectivity index (χ2v) is 3.60. The van der Waals surface area contributed by atoms with E-state index in [1.54, 1.807) is 12.1 Å². The second-order valence-electron chi connectivity index (χ2n) is 3.60. The largest absolute Gasteiger partial charge is 0.435 e. The Morgan fingerprint density at radius 3 is 2.40 bits per heavy atom. The first kappa shape index (κ1) is 11.9. The summed E-state index contributed by atoms with van der Waals surface area (Å²) < 4.78 is 28.3. The summed E-state index contributed by atoms with van der Waals surface area (Å²) in [7, 11) is 0. The fraction of sp³-hybridized carbons (Fsp3) is 0.455. The summed E-state index contributed by atoms with van der Waals surface area (Å²) in [6.45, 7) is 0.879. The average Bonchev–Trinajstić information content (AvgIpc) is 2.16. The Morgan fingerprint density at radius 1 is 1.27 bits per heavy atom. The standard InChI is InChI=1S/C11H14F2O2/c1-7(2)9-3-8(6-14)4-10(5-9)15-11(12)13/h3-5,7,11,14H,6H2,1-2H3. The van der Waals surface area contributed by atoms with Gasteiger partial charge in [0.05, 0.1) is 6.61 Å². The molecule has 0 saturated heterocycles. The summed E-state index contributed by atoms with van der Waals surface area (Å²) in [5.41, 5.74) is 1.45. The molecule has 0 aromatic heterocycles. The number of rotatable bonds is 4. The van der Waals surface area contributed by atoms with E-state index < -0.39 is 6.61 Å². The van der Waals surface area contributed by atoms with Gasteiger partial charge in [0.2, 0.25) is 0 Å². The van der Waals surface area contributed by atoms with Gasteiger partial charge in [0.1, 0.15) is 5.75 Å². The molecule has 0 atom stereocenters. The zero-order valence-electron chi connectivity index (χ0n) is 8.71. The SMILES string of the molecule is CC(C)c1cc(CO)cc(OC(F)F)c1. The van der Waals surface area contributed by atoms with Crippen LogP contribution in [0.1, 0.15) is 30.9 Å². The Hall–Kier alpha value is -1.16. The molecule has 1 aromatic rings. The molecule has 0 heterocycles. The minimum atomic E-state index is -2.83. The third-order valence-electron chi connectivity index (χ3n) is 2.06. The van der Waals surface area contributed by atoms with Gasteiger partial charge >= 0.3 is 6.61 Å². The Balaban J connectivity index is 3.00. The fourth-order valence-electron chi connectivity index (χ4n) is 1.28. The first-order chi connectivity index (χ1) is 7.02. The number of benzene rings is 1. The third-order valence-corrected chi connectivity index (χ3v) is 2.06. The van der Waals surface area contributed by atoms with E-state index in [1.165, 1.54) is 6.07 Å². The highest BCUT2D eigenvalue weighted by Crippen LogP contribution is 2.24. The molecular weight excluding hydrogens is 202 g/mol. The number of halogens is 2. The van der Waals surface area contributed by atoms with Gasteiger partial charge in [-0.25, -0.2) is 0 Å². The molecule has 0 aliphatic rings. The van der Waals surface area contributed by atoms with Crippen LogP contribution in [0, 0.1) is 0 Å². The Kier molecular flexibility index (Phi) is 4.03. The molecule has 15 heavy (non-hydrogen) atoms. The normalized spacial score (nSPS) is 11.1. The van der Waals surface area contributed by atoms with Crippen molar-refractivity contribution >= 4 is 0 Å².